The van der Waals surface area contributed by atoms with Crippen LogP contribution in [0.5, 0.6) is 5.75 Å². The molecule has 0 radical (unpaired) electrons. The normalized spacial score (nSPS) is 13.7. The first-order chi connectivity index (χ1) is 18.2. The van der Waals surface area contributed by atoms with Crippen LogP contribution in [0.2, 0.25) is 0 Å². The number of para-hydroxylation sites is 1. The Balaban J connectivity index is 1.51. The van der Waals surface area contributed by atoms with Crippen molar-refractivity contribution in [3.05, 3.63) is 107 Å². The second-order valence-corrected chi connectivity index (χ2v) is 9.57. The summed E-state index contributed by atoms with van der Waals surface area (Å²) in [5.41, 5.74) is 8.85. The van der Waals surface area contributed by atoms with Crippen molar-refractivity contribution in [1.29, 1.82) is 0 Å². The number of hydrogen-bond acceptors (Lipinski definition) is 5. The Morgan fingerprint density at radius 3 is 2.37 bits per heavy atom. The van der Waals surface area contributed by atoms with E-state index in [1.54, 1.807) is 35.2 Å². The fraction of sp³-hybridized carbons (Fsp3) is 0.129. The Kier molecular flexibility index (Phi) is 6.43. The number of aromatic hydroxyl groups is 1. The highest BCUT2D eigenvalue weighted by Crippen LogP contribution is 2.38. The predicted octanol–water partition coefficient (Wildman–Crippen LogP) is 6.68. The predicted molar refractivity (Wildman–Crippen MR) is 150 cm³/mol. The SMILES string of the molecule is Cc1ccc2c(c1)/C(=N/Nc1cccc(-c3cccc(C(=O)O)c3)c1O)C(=O)N2c1ccc(C(C)C)cc1. The lowest BCUT2D eigenvalue weighted by Crippen LogP contribution is -2.26. The van der Waals surface area contributed by atoms with E-state index in [-0.39, 0.29) is 28.6 Å². The van der Waals surface area contributed by atoms with Crippen LogP contribution in [-0.4, -0.2) is 27.8 Å². The summed E-state index contributed by atoms with van der Waals surface area (Å²) in [6, 6.07) is 25.1. The Hall–Kier alpha value is -4.91. The largest absolute Gasteiger partial charge is 0.505 e. The van der Waals surface area contributed by atoms with Gasteiger partial charge in [-0.05, 0) is 66.4 Å². The molecule has 0 spiro atoms. The van der Waals surface area contributed by atoms with Crippen molar-refractivity contribution < 1.29 is 19.8 Å². The van der Waals surface area contributed by atoms with Crippen LogP contribution in [0.1, 0.15) is 46.8 Å². The van der Waals surface area contributed by atoms with Crippen molar-refractivity contribution in [1.82, 2.24) is 0 Å². The number of carboxylic acid groups (broad SMARTS) is 1. The van der Waals surface area contributed by atoms with Crippen LogP contribution < -0.4 is 10.3 Å². The average Bonchev–Trinajstić information content (AvgIpc) is 3.18. The number of fused-ring (bicyclic) bond motifs is 1. The number of carboxylic acids is 1. The Labute approximate surface area is 220 Å². The van der Waals surface area contributed by atoms with Gasteiger partial charge in [0.15, 0.2) is 5.71 Å². The molecule has 7 heteroatoms. The van der Waals surface area contributed by atoms with Crippen LogP contribution in [-0.2, 0) is 4.79 Å². The maximum absolute atomic E-state index is 13.6. The van der Waals surface area contributed by atoms with Crippen LogP contribution in [0.4, 0.5) is 17.1 Å². The summed E-state index contributed by atoms with van der Waals surface area (Å²) in [4.78, 5) is 26.7. The van der Waals surface area contributed by atoms with Gasteiger partial charge in [-0.25, -0.2) is 4.79 Å². The zero-order valence-electron chi connectivity index (χ0n) is 21.3. The zero-order chi connectivity index (χ0) is 27.0. The summed E-state index contributed by atoms with van der Waals surface area (Å²) in [7, 11) is 0. The standard InChI is InChI=1S/C31H27N3O4/c1-18(2)20-11-13-23(14-12-20)34-27-15-10-19(3)16-25(27)28(30(34)36)33-32-26-9-5-8-24(29(26)35)21-6-4-7-22(17-21)31(37)38/h4-18,32,35H,1-3H3,(H,37,38)/b33-28-. The van der Waals surface area contributed by atoms with Gasteiger partial charge >= 0.3 is 5.97 Å². The summed E-state index contributed by atoms with van der Waals surface area (Å²) in [6.07, 6.45) is 0. The van der Waals surface area contributed by atoms with Crippen LogP contribution >= 0.6 is 0 Å². The minimum absolute atomic E-state index is 0.101. The number of rotatable bonds is 6. The molecule has 1 aliphatic rings. The quantitative estimate of drug-likeness (QED) is 0.200. The van der Waals surface area contributed by atoms with Crippen molar-refractivity contribution in [3.63, 3.8) is 0 Å². The molecular weight excluding hydrogens is 478 g/mol. The number of nitrogens with zero attached hydrogens (tertiary/aromatic N) is 2. The lowest BCUT2D eigenvalue weighted by Gasteiger charge is -2.18. The monoisotopic (exact) mass is 505 g/mol. The number of hydrogen-bond donors (Lipinski definition) is 3. The molecule has 1 heterocycles. The van der Waals surface area contributed by atoms with Crippen LogP contribution in [0.25, 0.3) is 11.1 Å². The lowest BCUT2D eigenvalue weighted by molar-refractivity contribution is -0.111. The van der Waals surface area contributed by atoms with Crippen molar-refractivity contribution >= 4 is 34.7 Å². The molecule has 7 nitrogen and oxygen atoms in total. The lowest BCUT2D eigenvalue weighted by atomic mass is 10.0. The number of hydrazone groups is 1. The van der Waals surface area contributed by atoms with E-state index < -0.39 is 5.97 Å². The highest BCUT2D eigenvalue weighted by atomic mass is 16.4. The van der Waals surface area contributed by atoms with Gasteiger partial charge in [0.1, 0.15) is 5.75 Å². The zero-order valence-corrected chi connectivity index (χ0v) is 21.3. The van der Waals surface area contributed by atoms with Gasteiger partial charge in [0.25, 0.3) is 5.91 Å². The first-order valence-electron chi connectivity index (χ1n) is 12.3. The Morgan fingerprint density at radius 2 is 1.66 bits per heavy atom. The van der Waals surface area contributed by atoms with Gasteiger partial charge in [0, 0.05) is 16.8 Å². The molecular formula is C31H27N3O4. The summed E-state index contributed by atoms with van der Waals surface area (Å²) in [5.74, 6) is -1.05. The number of aromatic carboxylic acids is 1. The number of nitrogens with one attached hydrogen (secondary N) is 1. The third-order valence-electron chi connectivity index (χ3n) is 6.62. The van der Waals surface area contributed by atoms with Crippen LogP contribution in [0.15, 0.2) is 90.0 Å². The molecule has 0 aliphatic carbocycles. The topological polar surface area (TPSA) is 102 Å². The van der Waals surface area contributed by atoms with Gasteiger partial charge < -0.3 is 10.2 Å². The van der Waals surface area contributed by atoms with Gasteiger partial charge in [-0.1, -0.05) is 61.9 Å². The molecule has 190 valence electrons. The minimum atomic E-state index is -1.05. The summed E-state index contributed by atoms with van der Waals surface area (Å²) >= 11 is 0. The summed E-state index contributed by atoms with van der Waals surface area (Å²) < 4.78 is 0. The molecule has 3 N–H and O–H groups in total. The fourth-order valence-electron chi connectivity index (χ4n) is 4.54. The number of carbonyl (C=O) groups is 2. The maximum Gasteiger partial charge on any atom is 0.335 e. The second-order valence-electron chi connectivity index (χ2n) is 9.57. The highest BCUT2D eigenvalue weighted by molar-refractivity contribution is 6.55. The van der Waals surface area contributed by atoms with Crippen molar-refractivity contribution in [2.75, 3.05) is 10.3 Å². The maximum atomic E-state index is 13.6. The smallest absolute Gasteiger partial charge is 0.335 e. The number of amides is 1. The number of anilines is 3. The number of phenols is 1. The van der Waals surface area contributed by atoms with Gasteiger partial charge in [-0.15, -0.1) is 0 Å². The van der Waals surface area contributed by atoms with E-state index in [0.717, 1.165) is 16.9 Å². The molecule has 4 aromatic rings. The summed E-state index contributed by atoms with van der Waals surface area (Å²) in [5, 5.41) is 24.7. The third-order valence-corrected chi connectivity index (χ3v) is 6.62. The average molecular weight is 506 g/mol. The van der Waals surface area contributed by atoms with Gasteiger partial charge in [0.05, 0.1) is 16.9 Å². The molecule has 0 unspecified atom stereocenters. The molecule has 0 saturated carbocycles. The van der Waals surface area contributed by atoms with E-state index in [4.69, 9.17) is 0 Å². The fourth-order valence-corrected chi connectivity index (χ4v) is 4.54. The van der Waals surface area contributed by atoms with E-state index in [2.05, 4.69) is 24.4 Å². The van der Waals surface area contributed by atoms with E-state index in [1.807, 2.05) is 49.4 Å². The van der Waals surface area contributed by atoms with Gasteiger partial charge in [0.2, 0.25) is 0 Å². The van der Waals surface area contributed by atoms with Gasteiger partial charge in [-0.3, -0.25) is 15.1 Å². The molecule has 0 aromatic heterocycles. The third kappa shape index (κ3) is 4.50. The molecule has 0 atom stereocenters. The van der Waals surface area contributed by atoms with E-state index in [0.29, 0.717) is 22.6 Å². The molecule has 38 heavy (non-hydrogen) atoms. The molecule has 0 saturated heterocycles. The molecule has 0 fully saturated rings. The summed E-state index contributed by atoms with van der Waals surface area (Å²) in [6.45, 7) is 6.20. The first kappa shape index (κ1) is 24.8. The van der Waals surface area contributed by atoms with Crippen LogP contribution in [0.3, 0.4) is 0 Å². The molecule has 1 amide bonds. The number of phenolic OH excluding ortho intramolecular Hbond substituents is 1. The number of benzene rings is 4. The molecule has 4 aromatic carbocycles. The van der Waals surface area contributed by atoms with Crippen molar-refractivity contribution in [3.8, 4) is 16.9 Å². The number of carbonyl (C=O) groups excluding carboxylic acids is 1. The highest BCUT2D eigenvalue weighted by Gasteiger charge is 2.35. The number of aryl methyl sites for hydroxylation is 1. The minimum Gasteiger partial charge on any atom is -0.505 e. The van der Waals surface area contributed by atoms with E-state index >= 15 is 0 Å². The molecule has 5 rings (SSSR count). The van der Waals surface area contributed by atoms with Crippen molar-refractivity contribution in [2.45, 2.75) is 26.7 Å². The van der Waals surface area contributed by atoms with E-state index in [9.17, 15) is 19.8 Å². The van der Waals surface area contributed by atoms with Crippen LogP contribution in [0, 0.1) is 6.92 Å². The molecule has 1 aliphatic heterocycles. The molecule has 0 bridgehead atoms. The van der Waals surface area contributed by atoms with Crippen molar-refractivity contribution in [2.24, 2.45) is 5.10 Å². The van der Waals surface area contributed by atoms with Gasteiger partial charge in [-0.2, -0.15) is 5.10 Å². The Bertz CT molecular complexity index is 1590. The second kappa shape index (κ2) is 9.86. The Morgan fingerprint density at radius 1 is 0.921 bits per heavy atom. The van der Waals surface area contributed by atoms with E-state index in [1.165, 1.54) is 17.7 Å². The first-order valence-corrected chi connectivity index (χ1v) is 12.3.